The van der Waals surface area contributed by atoms with Gasteiger partial charge in [0.15, 0.2) is 0 Å². The van der Waals surface area contributed by atoms with Gasteiger partial charge in [-0.05, 0) is 64.4 Å². The number of allylic oxidation sites excluding steroid dienone is 2. The lowest BCUT2D eigenvalue weighted by molar-refractivity contribution is 0.279. The van der Waals surface area contributed by atoms with Gasteiger partial charge in [0.1, 0.15) is 17.7 Å². The van der Waals surface area contributed by atoms with Crippen molar-refractivity contribution in [3.05, 3.63) is 121 Å². The SMILES string of the molecule is C1=CCC2Oc3ccc(-c4ccc5c(c4)c4c6ccccc6ccc4n5-c4ccccn4)cc3C2=C1. The van der Waals surface area contributed by atoms with Gasteiger partial charge in [-0.1, -0.05) is 66.8 Å². The molecular weight excluding hydrogens is 440 g/mol. The van der Waals surface area contributed by atoms with Crippen molar-refractivity contribution in [3.8, 4) is 22.7 Å². The largest absolute Gasteiger partial charge is 0.485 e. The maximum absolute atomic E-state index is 6.20. The number of benzene rings is 4. The Balaban J connectivity index is 1.40. The van der Waals surface area contributed by atoms with Crippen LogP contribution in [0, 0.1) is 0 Å². The number of aromatic nitrogens is 2. The van der Waals surface area contributed by atoms with E-state index in [0.29, 0.717) is 0 Å². The molecule has 3 heteroatoms. The van der Waals surface area contributed by atoms with Crippen molar-refractivity contribution in [1.82, 2.24) is 9.55 Å². The van der Waals surface area contributed by atoms with Gasteiger partial charge in [-0.15, -0.1) is 0 Å². The Morgan fingerprint density at radius 2 is 1.64 bits per heavy atom. The molecule has 1 atom stereocenters. The third kappa shape index (κ3) is 2.77. The second-order valence-electron chi connectivity index (χ2n) is 9.54. The lowest BCUT2D eigenvalue weighted by Crippen LogP contribution is -2.11. The molecule has 3 nitrogen and oxygen atoms in total. The third-order valence-electron chi connectivity index (χ3n) is 7.54. The first-order valence-corrected chi connectivity index (χ1v) is 12.4. The molecule has 2 aliphatic rings. The van der Waals surface area contributed by atoms with Crippen LogP contribution >= 0.6 is 0 Å². The van der Waals surface area contributed by atoms with E-state index >= 15 is 0 Å². The molecule has 170 valence electrons. The van der Waals surface area contributed by atoms with Gasteiger partial charge in [-0.3, -0.25) is 4.57 Å². The summed E-state index contributed by atoms with van der Waals surface area (Å²) < 4.78 is 8.48. The molecule has 4 aromatic carbocycles. The molecule has 0 spiro atoms. The third-order valence-corrected chi connectivity index (χ3v) is 7.54. The molecule has 3 heterocycles. The number of rotatable bonds is 2. The summed E-state index contributed by atoms with van der Waals surface area (Å²) in [6, 6.07) is 32.6. The monoisotopic (exact) mass is 462 g/mol. The van der Waals surface area contributed by atoms with Gasteiger partial charge >= 0.3 is 0 Å². The number of ether oxygens (including phenoxy) is 1. The van der Waals surface area contributed by atoms with Gasteiger partial charge in [-0.2, -0.15) is 0 Å². The Hall–Kier alpha value is -4.63. The Morgan fingerprint density at radius 3 is 2.58 bits per heavy atom. The summed E-state index contributed by atoms with van der Waals surface area (Å²) in [4.78, 5) is 4.70. The minimum absolute atomic E-state index is 0.144. The number of fused-ring (bicyclic) bond motifs is 8. The van der Waals surface area contributed by atoms with Crippen molar-refractivity contribution in [2.75, 3.05) is 0 Å². The Bertz CT molecular complexity index is 1890. The molecule has 1 unspecified atom stereocenters. The predicted octanol–water partition coefficient (Wildman–Crippen LogP) is 8.10. The second kappa shape index (κ2) is 7.43. The van der Waals surface area contributed by atoms with E-state index in [4.69, 9.17) is 9.72 Å². The lowest BCUT2D eigenvalue weighted by atomic mass is 9.93. The van der Waals surface area contributed by atoms with Crippen LogP contribution in [-0.2, 0) is 0 Å². The van der Waals surface area contributed by atoms with Crippen molar-refractivity contribution in [3.63, 3.8) is 0 Å². The smallest absolute Gasteiger partial charge is 0.137 e. The molecular formula is C33H22N2O. The van der Waals surface area contributed by atoms with Crippen LogP contribution in [0.2, 0.25) is 0 Å². The van der Waals surface area contributed by atoms with Gasteiger partial charge in [-0.25, -0.2) is 4.98 Å². The van der Waals surface area contributed by atoms with Crippen molar-refractivity contribution in [2.24, 2.45) is 0 Å². The molecule has 0 radical (unpaired) electrons. The maximum Gasteiger partial charge on any atom is 0.137 e. The molecule has 1 aliphatic carbocycles. The molecule has 8 rings (SSSR count). The van der Waals surface area contributed by atoms with E-state index in [2.05, 4.69) is 102 Å². The van der Waals surface area contributed by atoms with Crippen LogP contribution in [0.1, 0.15) is 12.0 Å². The molecule has 6 aromatic rings. The average molecular weight is 463 g/mol. The van der Waals surface area contributed by atoms with Crippen LogP contribution in [0.15, 0.2) is 115 Å². The Labute approximate surface area is 208 Å². The summed E-state index contributed by atoms with van der Waals surface area (Å²) >= 11 is 0. The molecule has 1 aliphatic heterocycles. The summed E-state index contributed by atoms with van der Waals surface area (Å²) in [6.45, 7) is 0. The number of hydrogen-bond donors (Lipinski definition) is 0. The first-order valence-electron chi connectivity index (χ1n) is 12.4. The average Bonchev–Trinajstić information content (AvgIpc) is 3.48. The van der Waals surface area contributed by atoms with E-state index in [9.17, 15) is 0 Å². The van der Waals surface area contributed by atoms with Crippen LogP contribution in [0.25, 0.3) is 55.1 Å². The zero-order valence-electron chi connectivity index (χ0n) is 19.6. The summed E-state index contributed by atoms with van der Waals surface area (Å²) in [5, 5.41) is 5.00. The first kappa shape index (κ1) is 19.7. The van der Waals surface area contributed by atoms with Crippen LogP contribution in [-0.4, -0.2) is 15.7 Å². The van der Waals surface area contributed by atoms with Crippen molar-refractivity contribution >= 4 is 38.2 Å². The quantitative estimate of drug-likeness (QED) is 0.260. The summed E-state index contributed by atoms with van der Waals surface area (Å²) in [5.74, 6) is 1.91. The van der Waals surface area contributed by atoms with Gasteiger partial charge in [0.05, 0.1) is 11.0 Å². The summed E-state index contributed by atoms with van der Waals surface area (Å²) in [6.07, 6.45) is 9.45. The van der Waals surface area contributed by atoms with Crippen molar-refractivity contribution < 1.29 is 4.74 Å². The second-order valence-corrected chi connectivity index (χ2v) is 9.54. The van der Waals surface area contributed by atoms with Crippen LogP contribution in [0.5, 0.6) is 5.75 Å². The molecule has 0 saturated heterocycles. The normalized spacial score (nSPS) is 16.2. The first-order chi connectivity index (χ1) is 17.8. The standard InChI is InChI=1S/C33H22N2O/c1-2-8-24-21(7-1)12-16-29-33(24)27-20-22(13-15-28(27)35(29)32-11-5-6-18-34-32)23-14-17-31-26(19-23)25-9-3-4-10-30(25)36-31/h1-9,11-20,30H,10H2. The maximum atomic E-state index is 6.20. The minimum atomic E-state index is 0.144. The van der Waals surface area contributed by atoms with Gasteiger partial charge < -0.3 is 4.74 Å². The fraction of sp³-hybridized carbons (Fsp3) is 0.0606. The fourth-order valence-corrected chi connectivity index (χ4v) is 5.88. The minimum Gasteiger partial charge on any atom is -0.485 e. The van der Waals surface area contributed by atoms with Crippen LogP contribution in [0.3, 0.4) is 0 Å². The van der Waals surface area contributed by atoms with Gasteiger partial charge in [0.25, 0.3) is 0 Å². The molecule has 0 amide bonds. The zero-order chi connectivity index (χ0) is 23.6. The molecule has 2 aromatic heterocycles. The predicted molar refractivity (Wildman–Crippen MR) is 148 cm³/mol. The van der Waals surface area contributed by atoms with E-state index in [1.165, 1.54) is 49.3 Å². The van der Waals surface area contributed by atoms with Gasteiger partial charge in [0, 0.05) is 34.5 Å². The highest BCUT2D eigenvalue weighted by Crippen LogP contribution is 2.43. The summed E-state index contributed by atoms with van der Waals surface area (Å²) in [5.41, 5.74) is 7.23. The van der Waals surface area contributed by atoms with Crippen molar-refractivity contribution in [1.29, 1.82) is 0 Å². The highest BCUT2D eigenvalue weighted by Gasteiger charge is 2.29. The molecule has 0 N–H and O–H groups in total. The highest BCUT2D eigenvalue weighted by atomic mass is 16.5. The van der Waals surface area contributed by atoms with E-state index in [-0.39, 0.29) is 6.10 Å². The highest BCUT2D eigenvalue weighted by molar-refractivity contribution is 6.21. The van der Waals surface area contributed by atoms with E-state index in [1.807, 2.05) is 18.3 Å². The molecule has 36 heavy (non-hydrogen) atoms. The Kier molecular flexibility index (Phi) is 4.06. The van der Waals surface area contributed by atoms with Crippen LogP contribution in [0.4, 0.5) is 0 Å². The van der Waals surface area contributed by atoms with E-state index in [0.717, 1.165) is 23.5 Å². The number of pyridine rings is 1. The molecule has 0 saturated carbocycles. The van der Waals surface area contributed by atoms with E-state index < -0.39 is 0 Å². The zero-order valence-corrected chi connectivity index (χ0v) is 19.6. The fourth-order valence-electron chi connectivity index (χ4n) is 5.88. The van der Waals surface area contributed by atoms with Crippen LogP contribution < -0.4 is 4.74 Å². The number of hydrogen-bond acceptors (Lipinski definition) is 2. The van der Waals surface area contributed by atoms with E-state index in [1.54, 1.807) is 0 Å². The van der Waals surface area contributed by atoms with Gasteiger partial charge in [0.2, 0.25) is 0 Å². The molecule has 0 bridgehead atoms. The summed E-state index contributed by atoms with van der Waals surface area (Å²) in [7, 11) is 0. The topological polar surface area (TPSA) is 27.1 Å². The van der Waals surface area contributed by atoms with Crippen molar-refractivity contribution in [2.45, 2.75) is 12.5 Å². The molecule has 0 fully saturated rings. The Morgan fingerprint density at radius 1 is 0.778 bits per heavy atom. The lowest BCUT2D eigenvalue weighted by Gasteiger charge is -2.12. The number of nitrogens with zero attached hydrogens (tertiary/aromatic N) is 2.